The predicted octanol–water partition coefficient (Wildman–Crippen LogP) is 3.49. The molecule has 1 saturated heterocycles. The SMILES string of the molecule is O=C(C(=O)N1CCOCC1)c1cn(Cc2ccc(Br)cc2)c2ccccc12. The van der Waals surface area contributed by atoms with Crippen LogP contribution in [0.15, 0.2) is 59.2 Å². The molecule has 0 atom stereocenters. The summed E-state index contributed by atoms with van der Waals surface area (Å²) in [5.41, 5.74) is 2.52. The number of halogens is 1. The van der Waals surface area contributed by atoms with Gasteiger partial charge in [0.1, 0.15) is 0 Å². The minimum absolute atomic E-state index is 0.454. The van der Waals surface area contributed by atoms with Crippen LogP contribution in [0.3, 0.4) is 0 Å². The first kappa shape index (κ1) is 17.9. The molecule has 0 unspecified atom stereocenters. The minimum Gasteiger partial charge on any atom is -0.378 e. The van der Waals surface area contributed by atoms with Gasteiger partial charge in [-0.15, -0.1) is 0 Å². The maximum Gasteiger partial charge on any atom is 0.295 e. The van der Waals surface area contributed by atoms with Crippen LogP contribution >= 0.6 is 15.9 Å². The molecule has 0 radical (unpaired) electrons. The lowest BCUT2D eigenvalue weighted by Crippen LogP contribution is -2.44. The lowest BCUT2D eigenvalue weighted by molar-refractivity contribution is -0.130. The highest BCUT2D eigenvalue weighted by Gasteiger charge is 2.27. The fourth-order valence-electron chi connectivity index (χ4n) is 3.37. The van der Waals surface area contributed by atoms with E-state index in [1.807, 2.05) is 53.1 Å². The average Bonchev–Trinajstić information content (AvgIpc) is 3.08. The number of carbonyl (C=O) groups is 2. The van der Waals surface area contributed by atoms with Gasteiger partial charge in [-0.25, -0.2) is 0 Å². The van der Waals surface area contributed by atoms with Crippen LogP contribution < -0.4 is 0 Å². The Kier molecular flexibility index (Phi) is 5.09. The molecular weight excluding hydrogens is 408 g/mol. The van der Waals surface area contributed by atoms with Crippen molar-refractivity contribution in [2.75, 3.05) is 26.3 Å². The number of fused-ring (bicyclic) bond motifs is 1. The summed E-state index contributed by atoms with van der Waals surface area (Å²) < 4.78 is 8.32. The van der Waals surface area contributed by atoms with Crippen molar-refractivity contribution in [3.8, 4) is 0 Å². The smallest absolute Gasteiger partial charge is 0.295 e. The highest BCUT2D eigenvalue weighted by molar-refractivity contribution is 9.10. The van der Waals surface area contributed by atoms with E-state index in [1.165, 1.54) is 0 Å². The molecule has 27 heavy (non-hydrogen) atoms. The molecule has 1 aromatic heterocycles. The second-order valence-electron chi connectivity index (χ2n) is 6.55. The number of rotatable bonds is 4. The molecule has 1 fully saturated rings. The largest absolute Gasteiger partial charge is 0.378 e. The van der Waals surface area contributed by atoms with Crippen molar-refractivity contribution in [3.63, 3.8) is 0 Å². The first-order valence-electron chi connectivity index (χ1n) is 8.87. The van der Waals surface area contributed by atoms with E-state index in [0.29, 0.717) is 38.4 Å². The molecule has 0 bridgehead atoms. The summed E-state index contributed by atoms with van der Waals surface area (Å²) >= 11 is 3.45. The molecule has 0 N–H and O–H groups in total. The Hall–Kier alpha value is -2.44. The van der Waals surface area contributed by atoms with Crippen molar-refractivity contribution in [1.29, 1.82) is 0 Å². The van der Waals surface area contributed by atoms with E-state index in [9.17, 15) is 9.59 Å². The summed E-state index contributed by atoms with van der Waals surface area (Å²) in [6.45, 7) is 2.51. The van der Waals surface area contributed by atoms with Gasteiger partial charge in [0.15, 0.2) is 0 Å². The lowest BCUT2D eigenvalue weighted by atomic mass is 10.1. The highest BCUT2D eigenvalue weighted by atomic mass is 79.9. The summed E-state index contributed by atoms with van der Waals surface area (Å²) in [5.74, 6) is -0.910. The molecule has 0 spiro atoms. The molecule has 0 aliphatic carbocycles. The van der Waals surface area contributed by atoms with Crippen LogP contribution in [0.5, 0.6) is 0 Å². The Labute approximate surface area is 165 Å². The number of hydrogen-bond donors (Lipinski definition) is 0. The number of ketones is 1. The van der Waals surface area contributed by atoms with Crippen LogP contribution in [0.4, 0.5) is 0 Å². The van der Waals surface area contributed by atoms with Crippen LogP contribution in [-0.4, -0.2) is 47.5 Å². The van der Waals surface area contributed by atoms with E-state index in [1.54, 1.807) is 11.1 Å². The Morgan fingerprint density at radius 1 is 1.00 bits per heavy atom. The van der Waals surface area contributed by atoms with Crippen molar-refractivity contribution < 1.29 is 14.3 Å². The Morgan fingerprint density at radius 3 is 2.44 bits per heavy atom. The predicted molar refractivity (Wildman–Crippen MR) is 107 cm³/mol. The van der Waals surface area contributed by atoms with Crippen molar-refractivity contribution in [2.45, 2.75) is 6.54 Å². The van der Waals surface area contributed by atoms with Gasteiger partial charge in [-0.05, 0) is 23.8 Å². The van der Waals surface area contributed by atoms with Gasteiger partial charge in [0.25, 0.3) is 11.7 Å². The number of carbonyl (C=O) groups excluding carboxylic acids is 2. The van der Waals surface area contributed by atoms with Gasteiger partial charge in [-0.3, -0.25) is 9.59 Å². The molecule has 0 saturated carbocycles. The Morgan fingerprint density at radius 2 is 1.70 bits per heavy atom. The molecule has 6 heteroatoms. The topological polar surface area (TPSA) is 51.5 Å². The average molecular weight is 427 g/mol. The molecule has 3 aromatic rings. The second kappa shape index (κ2) is 7.66. The Bertz CT molecular complexity index is 988. The molecule has 1 aliphatic rings. The summed E-state index contributed by atoms with van der Waals surface area (Å²) in [7, 11) is 0. The molecule has 2 heterocycles. The van der Waals surface area contributed by atoms with Gasteiger partial charge < -0.3 is 14.2 Å². The number of benzene rings is 2. The second-order valence-corrected chi connectivity index (χ2v) is 7.46. The minimum atomic E-state index is -0.456. The van der Waals surface area contributed by atoms with E-state index < -0.39 is 11.7 Å². The van der Waals surface area contributed by atoms with Gasteiger partial charge in [0.2, 0.25) is 0 Å². The monoisotopic (exact) mass is 426 g/mol. The fraction of sp³-hybridized carbons (Fsp3) is 0.238. The number of ether oxygens (including phenoxy) is 1. The number of aromatic nitrogens is 1. The number of nitrogens with zero attached hydrogens (tertiary/aromatic N) is 2. The van der Waals surface area contributed by atoms with Crippen molar-refractivity contribution in [1.82, 2.24) is 9.47 Å². The van der Waals surface area contributed by atoms with E-state index in [0.717, 1.165) is 20.9 Å². The van der Waals surface area contributed by atoms with Gasteiger partial charge in [-0.1, -0.05) is 46.3 Å². The van der Waals surface area contributed by atoms with E-state index in [4.69, 9.17) is 4.74 Å². The first-order chi connectivity index (χ1) is 13.1. The van der Waals surface area contributed by atoms with E-state index in [-0.39, 0.29) is 0 Å². The zero-order valence-corrected chi connectivity index (χ0v) is 16.3. The van der Waals surface area contributed by atoms with Crippen LogP contribution in [0.2, 0.25) is 0 Å². The molecule has 5 nitrogen and oxygen atoms in total. The maximum absolute atomic E-state index is 12.9. The molecule has 1 amide bonds. The molecule has 4 rings (SSSR count). The van der Waals surface area contributed by atoms with Gasteiger partial charge >= 0.3 is 0 Å². The Balaban J connectivity index is 1.67. The quantitative estimate of drug-likeness (QED) is 0.473. The zero-order valence-electron chi connectivity index (χ0n) is 14.7. The summed E-state index contributed by atoms with van der Waals surface area (Å²) in [4.78, 5) is 27.1. The number of amides is 1. The van der Waals surface area contributed by atoms with Crippen LogP contribution in [0.25, 0.3) is 10.9 Å². The summed E-state index contributed by atoms with van der Waals surface area (Å²) in [5, 5.41) is 0.807. The van der Waals surface area contributed by atoms with Crippen LogP contribution in [0.1, 0.15) is 15.9 Å². The number of morpholine rings is 1. The van der Waals surface area contributed by atoms with Crippen LogP contribution in [0, 0.1) is 0 Å². The maximum atomic E-state index is 12.9. The van der Waals surface area contributed by atoms with Gasteiger partial charge in [-0.2, -0.15) is 0 Å². The third-order valence-corrected chi connectivity index (χ3v) is 5.32. The third kappa shape index (κ3) is 3.68. The molecule has 1 aliphatic heterocycles. The standard InChI is InChI=1S/C21H19BrN2O3/c22-16-7-5-15(6-8-16)13-24-14-18(17-3-1-2-4-19(17)24)20(25)21(26)23-9-11-27-12-10-23/h1-8,14H,9-13H2. The lowest BCUT2D eigenvalue weighted by Gasteiger charge is -2.25. The summed E-state index contributed by atoms with van der Waals surface area (Å²) in [6, 6.07) is 15.8. The third-order valence-electron chi connectivity index (χ3n) is 4.79. The normalized spacial score (nSPS) is 14.5. The van der Waals surface area contributed by atoms with Gasteiger partial charge in [0.05, 0.1) is 18.8 Å². The molecule has 2 aromatic carbocycles. The van der Waals surface area contributed by atoms with Crippen molar-refractivity contribution >= 4 is 38.5 Å². The first-order valence-corrected chi connectivity index (χ1v) is 9.66. The zero-order chi connectivity index (χ0) is 18.8. The molecular formula is C21H19BrN2O3. The van der Waals surface area contributed by atoms with Crippen LogP contribution in [-0.2, 0) is 16.1 Å². The van der Waals surface area contributed by atoms with E-state index in [2.05, 4.69) is 15.9 Å². The van der Waals surface area contributed by atoms with E-state index >= 15 is 0 Å². The van der Waals surface area contributed by atoms with Crippen molar-refractivity contribution in [2.24, 2.45) is 0 Å². The molecule has 138 valence electrons. The summed E-state index contributed by atoms with van der Waals surface area (Å²) in [6.07, 6.45) is 1.80. The number of Topliss-reactive ketones (excluding diaryl/α,β-unsaturated/α-hetero) is 1. The van der Waals surface area contributed by atoms with Gasteiger partial charge in [0, 0.05) is 41.2 Å². The highest BCUT2D eigenvalue weighted by Crippen LogP contribution is 2.24. The van der Waals surface area contributed by atoms with Crippen molar-refractivity contribution in [3.05, 3.63) is 70.3 Å². The fourth-order valence-corrected chi connectivity index (χ4v) is 3.63. The number of para-hydroxylation sites is 1. The number of hydrogen-bond acceptors (Lipinski definition) is 3.